The fraction of sp³-hybridized carbons (Fsp3) is 0.294. The summed E-state index contributed by atoms with van der Waals surface area (Å²) in [5.74, 6) is -0.356. The molecule has 3 N–H and O–H groups in total. The van der Waals surface area contributed by atoms with Gasteiger partial charge in [-0.2, -0.15) is 0 Å². The van der Waals surface area contributed by atoms with E-state index in [0.717, 1.165) is 0 Å². The summed E-state index contributed by atoms with van der Waals surface area (Å²) in [4.78, 5) is 0. The largest absolute Gasteiger partial charge is 0.392 e. The van der Waals surface area contributed by atoms with Gasteiger partial charge in [0.1, 0.15) is 5.83 Å². The fourth-order valence-corrected chi connectivity index (χ4v) is 1.75. The Morgan fingerprint density at radius 1 is 1.29 bits per heavy atom. The standard InChI is InChI=1S/C15H19FO3.C2H2/c1-2-13(16)4-3-5-15(19)14-7-6-11(9-17)8-12(14)10-18;1-2/h2-4,6-8,15,17-19H,5,9-10H2,1H3;1-2H/b4-3-,13-2+;. The first-order valence-corrected chi connectivity index (χ1v) is 6.45. The van der Waals surface area contributed by atoms with E-state index in [4.69, 9.17) is 5.11 Å². The summed E-state index contributed by atoms with van der Waals surface area (Å²) in [5, 5.41) is 28.3. The van der Waals surface area contributed by atoms with Crippen LogP contribution >= 0.6 is 0 Å². The highest BCUT2D eigenvalue weighted by molar-refractivity contribution is 5.33. The molecular formula is C17H21FO3. The molecule has 21 heavy (non-hydrogen) atoms. The maximum absolute atomic E-state index is 12.9. The Balaban J connectivity index is 0.00000191. The van der Waals surface area contributed by atoms with E-state index in [2.05, 4.69) is 12.8 Å². The quantitative estimate of drug-likeness (QED) is 0.558. The van der Waals surface area contributed by atoms with E-state index in [1.165, 1.54) is 12.2 Å². The third kappa shape index (κ3) is 6.37. The number of aliphatic hydroxyl groups is 3. The van der Waals surface area contributed by atoms with E-state index in [1.807, 2.05) is 0 Å². The minimum absolute atomic E-state index is 0.115. The van der Waals surface area contributed by atoms with Crippen LogP contribution in [0.4, 0.5) is 4.39 Å². The molecule has 0 aliphatic rings. The molecule has 0 saturated heterocycles. The lowest BCUT2D eigenvalue weighted by Gasteiger charge is -2.14. The van der Waals surface area contributed by atoms with Gasteiger partial charge < -0.3 is 15.3 Å². The number of halogens is 1. The first-order valence-electron chi connectivity index (χ1n) is 6.45. The van der Waals surface area contributed by atoms with Gasteiger partial charge in [0.25, 0.3) is 0 Å². The smallest absolute Gasteiger partial charge is 0.118 e. The maximum Gasteiger partial charge on any atom is 0.118 e. The van der Waals surface area contributed by atoms with Gasteiger partial charge in [0.15, 0.2) is 0 Å². The molecule has 0 saturated carbocycles. The number of benzene rings is 1. The van der Waals surface area contributed by atoms with Crippen LogP contribution in [0, 0.1) is 12.8 Å². The summed E-state index contributed by atoms with van der Waals surface area (Å²) in [6, 6.07) is 5.00. The molecule has 0 aromatic heterocycles. The average molecular weight is 292 g/mol. The van der Waals surface area contributed by atoms with E-state index in [-0.39, 0.29) is 25.5 Å². The van der Waals surface area contributed by atoms with E-state index in [9.17, 15) is 14.6 Å². The molecule has 0 fully saturated rings. The molecule has 114 valence electrons. The lowest BCUT2D eigenvalue weighted by atomic mass is 9.98. The van der Waals surface area contributed by atoms with Crippen LogP contribution in [0.3, 0.4) is 0 Å². The van der Waals surface area contributed by atoms with E-state index < -0.39 is 6.10 Å². The highest BCUT2D eigenvalue weighted by Crippen LogP contribution is 2.23. The third-order valence-corrected chi connectivity index (χ3v) is 2.83. The predicted octanol–water partition coefficient (Wildman–Crippen LogP) is 2.77. The monoisotopic (exact) mass is 292 g/mol. The summed E-state index contributed by atoms with van der Waals surface area (Å²) >= 11 is 0. The van der Waals surface area contributed by atoms with Crippen molar-refractivity contribution in [3.8, 4) is 12.8 Å². The van der Waals surface area contributed by atoms with Crippen LogP contribution in [0.1, 0.15) is 36.1 Å². The number of allylic oxidation sites excluding steroid dienone is 3. The zero-order chi connectivity index (χ0) is 16.3. The first kappa shape index (κ1) is 19.1. The average Bonchev–Trinajstić information content (AvgIpc) is 2.55. The second-order valence-electron chi connectivity index (χ2n) is 4.18. The molecule has 1 aromatic rings. The maximum atomic E-state index is 12.9. The van der Waals surface area contributed by atoms with E-state index in [0.29, 0.717) is 16.7 Å². The van der Waals surface area contributed by atoms with Gasteiger partial charge in [0, 0.05) is 0 Å². The zero-order valence-corrected chi connectivity index (χ0v) is 12.0. The second kappa shape index (κ2) is 10.8. The van der Waals surface area contributed by atoms with Crippen LogP contribution in [0.2, 0.25) is 0 Å². The Morgan fingerprint density at radius 2 is 1.95 bits per heavy atom. The second-order valence-corrected chi connectivity index (χ2v) is 4.18. The highest BCUT2D eigenvalue weighted by Gasteiger charge is 2.11. The van der Waals surface area contributed by atoms with Gasteiger partial charge in [0.05, 0.1) is 19.3 Å². The minimum atomic E-state index is -0.809. The Labute approximate surface area is 125 Å². The third-order valence-electron chi connectivity index (χ3n) is 2.83. The fourth-order valence-electron chi connectivity index (χ4n) is 1.75. The van der Waals surface area contributed by atoms with Crippen molar-refractivity contribution in [2.45, 2.75) is 32.7 Å². The molecule has 0 heterocycles. The molecule has 1 rings (SSSR count). The summed E-state index contributed by atoms with van der Waals surface area (Å²) in [6.07, 6.45) is 11.6. The van der Waals surface area contributed by atoms with Crippen molar-refractivity contribution in [2.75, 3.05) is 0 Å². The van der Waals surface area contributed by atoms with Crippen molar-refractivity contribution in [1.82, 2.24) is 0 Å². The molecule has 0 amide bonds. The molecule has 1 atom stereocenters. The molecule has 1 aromatic carbocycles. The lowest BCUT2D eigenvalue weighted by molar-refractivity contribution is 0.176. The number of hydrogen-bond acceptors (Lipinski definition) is 3. The van der Waals surface area contributed by atoms with Crippen molar-refractivity contribution in [1.29, 1.82) is 0 Å². The molecule has 0 radical (unpaired) electrons. The number of terminal acetylenes is 1. The summed E-state index contributed by atoms with van der Waals surface area (Å²) in [5.41, 5.74) is 1.83. The molecule has 1 unspecified atom stereocenters. The van der Waals surface area contributed by atoms with Crippen LogP contribution in [0.25, 0.3) is 0 Å². The van der Waals surface area contributed by atoms with Crippen LogP contribution in [0.5, 0.6) is 0 Å². The Kier molecular flexibility index (Phi) is 9.82. The number of rotatable bonds is 6. The van der Waals surface area contributed by atoms with Crippen molar-refractivity contribution in [2.24, 2.45) is 0 Å². The Morgan fingerprint density at radius 3 is 2.48 bits per heavy atom. The summed E-state index contributed by atoms with van der Waals surface area (Å²) in [7, 11) is 0. The molecule has 0 spiro atoms. The van der Waals surface area contributed by atoms with E-state index >= 15 is 0 Å². The number of hydrogen-bond donors (Lipinski definition) is 3. The van der Waals surface area contributed by atoms with Crippen molar-refractivity contribution < 1.29 is 19.7 Å². The van der Waals surface area contributed by atoms with Crippen LogP contribution in [-0.2, 0) is 13.2 Å². The van der Waals surface area contributed by atoms with Gasteiger partial charge in [-0.15, -0.1) is 12.8 Å². The van der Waals surface area contributed by atoms with Crippen molar-refractivity contribution in [3.05, 3.63) is 58.9 Å². The topological polar surface area (TPSA) is 60.7 Å². The molecule has 0 aliphatic carbocycles. The van der Waals surface area contributed by atoms with Crippen LogP contribution in [-0.4, -0.2) is 15.3 Å². The van der Waals surface area contributed by atoms with Gasteiger partial charge in [-0.3, -0.25) is 0 Å². The van der Waals surface area contributed by atoms with Crippen molar-refractivity contribution in [3.63, 3.8) is 0 Å². The first-order chi connectivity index (χ1) is 10.1. The molecule has 3 nitrogen and oxygen atoms in total. The summed E-state index contributed by atoms with van der Waals surface area (Å²) in [6.45, 7) is 1.26. The van der Waals surface area contributed by atoms with E-state index in [1.54, 1.807) is 31.2 Å². The SMILES string of the molecule is C#C.C/C=C(F)\C=C/CC(O)c1ccc(CO)cc1CO. The van der Waals surface area contributed by atoms with Gasteiger partial charge in [-0.25, -0.2) is 4.39 Å². The molecule has 0 bridgehead atoms. The normalized spacial score (nSPS) is 12.8. The highest BCUT2D eigenvalue weighted by atomic mass is 19.1. The molecular weight excluding hydrogens is 271 g/mol. The van der Waals surface area contributed by atoms with Gasteiger partial charge in [-0.1, -0.05) is 30.4 Å². The van der Waals surface area contributed by atoms with Crippen LogP contribution < -0.4 is 0 Å². The number of aliphatic hydroxyl groups excluding tert-OH is 3. The zero-order valence-electron chi connectivity index (χ0n) is 12.0. The molecule has 0 aliphatic heterocycles. The lowest BCUT2D eigenvalue weighted by Crippen LogP contribution is -2.02. The van der Waals surface area contributed by atoms with Gasteiger partial charge >= 0.3 is 0 Å². The molecule has 4 heteroatoms. The Bertz CT molecular complexity index is 504. The van der Waals surface area contributed by atoms with Crippen molar-refractivity contribution >= 4 is 0 Å². The Hall–Kier alpha value is -1.93. The summed E-state index contributed by atoms with van der Waals surface area (Å²) < 4.78 is 12.9. The predicted molar refractivity (Wildman–Crippen MR) is 81.8 cm³/mol. The minimum Gasteiger partial charge on any atom is -0.392 e. The van der Waals surface area contributed by atoms with Gasteiger partial charge in [0.2, 0.25) is 0 Å². The van der Waals surface area contributed by atoms with Gasteiger partial charge in [-0.05, 0) is 36.1 Å². The van der Waals surface area contributed by atoms with Crippen LogP contribution in [0.15, 0.2) is 42.3 Å².